The molecule has 1 unspecified atom stereocenters. The molecule has 1 aliphatic rings. The fraction of sp³-hybridized carbons (Fsp3) is 0.733. The quantitative estimate of drug-likeness (QED) is 0.928. The van der Waals surface area contributed by atoms with Crippen molar-refractivity contribution in [3.63, 3.8) is 0 Å². The first-order valence-corrected chi connectivity index (χ1v) is 9.09. The van der Waals surface area contributed by atoms with Crippen molar-refractivity contribution in [3.05, 3.63) is 17.1 Å². The lowest BCUT2D eigenvalue weighted by Gasteiger charge is -2.26. The van der Waals surface area contributed by atoms with E-state index >= 15 is 0 Å². The van der Waals surface area contributed by atoms with E-state index in [1.54, 1.807) is 11.2 Å². The Bertz CT molecular complexity index is 592. The molecule has 1 aromatic rings. The van der Waals surface area contributed by atoms with Crippen LogP contribution in [0.2, 0.25) is 0 Å². The van der Waals surface area contributed by atoms with Gasteiger partial charge in [0.05, 0.1) is 0 Å². The van der Waals surface area contributed by atoms with Crippen LogP contribution in [0, 0.1) is 13.8 Å². The van der Waals surface area contributed by atoms with Gasteiger partial charge in [-0.3, -0.25) is 0 Å². The highest BCUT2D eigenvalue weighted by Gasteiger charge is 2.35. The van der Waals surface area contributed by atoms with Gasteiger partial charge in [-0.05, 0) is 40.7 Å². The summed E-state index contributed by atoms with van der Waals surface area (Å²) in [4.78, 5) is 0.364. The first-order chi connectivity index (χ1) is 9.89. The van der Waals surface area contributed by atoms with Crippen LogP contribution in [-0.4, -0.2) is 32.4 Å². The maximum atomic E-state index is 13.1. The average molecular weight is 314 g/mol. The molecule has 2 heterocycles. The van der Waals surface area contributed by atoms with Gasteiger partial charge in [0.25, 0.3) is 0 Å². The molecule has 1 N–H and O–H groups in total. The zero-order valence-corrected chi connectivity index (χ0v) is 14.2. The van der Waals surface area contributed by atoms with Gasteiger partial charge in [-0.1, -0.05) is 12.8 Å². The summed E-state index contributed by atoms with van der Waals surface area (Å²) < 4.78 is 33.5. The van der Waals surface area contributed by atoms with Crippen molar-refractivity contribution in [2.24, 2.45) is 0 Å². The Hall–Kier alpha value is -0.850. The molecule has 0 bridgehead atoms. The molecule has 0 aromatic carbocycles. The number of hydrogen-bond acceptors (Lipinski definition) is 4. The fourth-order valence-electron chi connectivity index (χ4n) is 3.15. The third kappa shape index (κ3) is 3.17. The Labute approximate surface area is 127 Å². The van der Waals surface area contributed by atoms with Crippen LogP contribution in [0.15, 0.2) is 9.31 Å². The van der Waals surface area contributed by atoms with Gasteiger partial charge >= 0.3 is 0 Å². The Kier molecular flexibility index (Phi) is 5.11. The predicted molar refractivity (Wildman–Crippen MR) is 82.8 cm³/mol. The Morgan fingerprint density at radius 2 is 1.95 bits per heavy atom. The van der Waals surface area contributed by atoms with Crippen LogP contribution in [0.25, 0.3) is 0 Å². The molecular formula is C15H26N2O3S. The fourth-order valence-corrected chi connectivity index (χ4v) is 5.27. The van der Waals surface area contributed by atoms with Gasteiger partial charge in [-0.2, -0.15) is 4.31 Å². The largest absolute Gasteiger partial charge is 0.465 e. The topological polar surface area (TPSA) is 62.6 Å². The van der Waals surface area contributed by atoms with Gasteiger partial charge in [-0.25, -0.2) is 8.42 Å². The van der Waals surface area contributed by atoms with Crippen LogP contribution in [0.1, 0.15) is 49.7 Å². The van der Waals surface area contributed by atoms with E-state index in [2.05, 4.69) is 5.32 Å². The van der Waals surface area contributed by atoms with Crippen molar-refractivity contribution in [1.29, 1.82) is 0 Å². The van der Waals surface area contributed by atoms with Crippen molar-refractivity contribution in [1.82, 2.24) is 9.62 Å². The standard InChI is InChI=1S/C15H26N2O3S/c1-11-8-6-5-7-9-17(11)21(18,19)15-13(3)20-12(2)14(15)10-16-4/h11,16H,5-10H2,1-4H3. The van der Waals surface area contributed by atoms with Crippen molar-refractivity contribution < 1.29 is 12.8 Å². The molecule has 5 nitrogen and oxygen atoms in total. The van der Waals surface area contributed by atoms with Crippen molar-refractivity contribution in [3.8, 4) is 0 Å². The highest BCUT2D eigenvalue weighted by Crippen LogP contribution is 2.32. The molecule has 6 heteroatoms. The minimum Gasteiger partial charge on any atom is -0.465 e. The lowest BCUT2D eigenvalue weighted by atomic mass is 10.1. The van der Waals surface area contributed by atoms with E-state index in [1.165, 1.54) is 0 Å². The lowest BCUT2D eigenvalue weighted by molar-refractivity contribution is 0.341. The molecule has 1 saturated heterocycles. The molecule has 1 aromatic heterocycles. The number of sulfonamides is 1. The van der Waals surface area contributed by atoms with Crippen molar-refractivity contribution in [2.75, 3.05) is 13.6 Å². The van der Waals surface area contributed by atoms with E-state index < -0.39 is 10.0 Å². The average Bonchev–Trinajstić information content (AvgIpc) is 2.58. The van der Waals surface area contributed by atoms with Crippen LogP contribution in [-0.2, 0) is 16.6 Å². The van der Waals surface area contributed by atoms with E-state index in [1.807, 2.05) is 20.9 Å². The Morgan fingerprint density at radius 3 is 2.62 bits per heavy atom. The Morgan fingerprint density at radius 1 is 1.24 bits per heavy atom. The highest BCUT2D eigenvalue weighted by atomic mass is 32.2. The molecule has 0 aliphatic carbocycles. The summed E-state index contributed by atoms with van der Waals surface area (Å²) in [5.41, 5.74) is 0.756. The second-order valence-corrected chi connectivity index (χ2v) is 7.69. The molecule has 21 heavy (non-hydrogen) atoms. The summed E-state index contributed by atoms with van der Waals surface area (Å²) in [5.74, 6) is 1.18. The third-order valence-electron chi connectivity index (χ3n) is 4.24. The van der Waals surface area contributed by atoms with Crippen molar-refractivity contribution >= 4 is 10.0 Å². The van der Waals surface area contributed by atoms with Gasteiger partial charge < -0.3 is 9.73 Å². The zero-order chi connectivity index (χ0) is 15.6. The summed E-state index contributed by atoms with van der Waals surface area (Å²) in [6, 6.07) is 0.0505. The molecule has 1 atom stereocenters. The van der Waals surface area contributed by atoms with Crippen LogP contribution in [0.5, 0.6) is 0 Å². The minimum atomic E-state index is -3.50. The Balaban J connectivity index is 2.48. The van der Waals surface area contributed by atoms with E-state index in [0.717, 1.165) is 31.2 Å². The molecular weight excluding hydrogens is 288 g/mol. The van der Waals surface area contributed by atoms with E-state index in [0.29, 0.717) is 29.5 Å². The normalized spacial score (nSPS) is 21.4. The van der Waals surface area contributed by atoms with Gasteiger partial charge in [-0.15, -0.1) is 0 Å². The monoisotopic (exact) mass is 314 g/mol. The molecule has 0 amide bonds. The zero-order valence-electron chi connectivity index (χ0n) is 13.4. The second kappa shape index (κ2) is 6.50. The second-order valence-electron chi connectivity index (χ2n) is 5.87. The van der Waals surface area contributed by atoms with Gasteiger partial charge in [0.2, 0.25) is 10.0 Å². The van der Waals surface area contributed by atoms with Crippen molar-refractivity contribution in [2.45, 2.75) is 63.9 Å². The SMILES string of the molecule is CNCc1c(C)oc(C)c1S(=O)(=O)N1CCCCCC1C. The maximum Gasteiger partial charge on any atom is 0.247 e. The van der Waals surface area contributed by atoms with Crippen LogP contribution in [0.3, 0.4) is 0 Å². The molecule has 2 rings (SSSR count). The summed E-state index contributed by atoms with van der Waals surface area (Å²) in [7, 11) is -1.69. The summed E-state index contributed by atoms with van der Waals surface area (Å²) in [5, 5.41) is 3.03. The van der Waals surface area contributed by atoms with Crippen LogP contribution in [0.4, 0.5) is 0 Å². The highest BCUT2D eigenvalue weighted by molar-refractivity contribution is 7.89. The molecule has 0 radical (unpaired) electrons. The summed E-state index contributed by atoms with van der Waals surface area (Å²) in [6.07, 6.45) is 4.06. The molecule has 1 aliphatic heterocycles. The van der Waals surface area contributed by atoms with E-state index in [9.17, 15) is 8.42 Å². The lowest BCUT2D eigenvalue weighted by Crippen LogP contribution is -2.38. The number of nitrogens with one attached hydrogen (secondary N) is 1. The van der Waals surface area contributed by atoms with E-state index in [-0.39, 0.29) is 6.04 Å². The maximum absolute atomic E-state index is 13.1. The number of aryl methyl sites for hydroxylation is 2. The summed E-state index contributed by atoms with van der Waals surface area (Å²) >= 11 is 0. The smallest absolute Gasteiger partial charge is 0.247 e. The number of nitrogens with zero attached hydrogens (tertiary/aromatic N) is 1. The predicted octanol–water partition coefficient (Wildman–Crippen LogP) is 2.57. The third-order valence-corrected chi connectivity index (χ3v) is 6.45. The number of hydrogen-bond donors (Lipinski definition) is 1. The first kappa shape index (κ1) is 16.5. The molecule has 0 saturated carbocycles. The van der Waals surface area contributed by atoms with Gasteiger partial charge in [0.15, 0.2) is 0 Å². The first-order valence-electron chi connectivity index (χ1n) is 7.65. The van der Waals surface area contributed by atoms with Crippen LogP contribution >= 0.6 is 0 Å². The molecule has 0 spiro atoms. The molecule has 1 fully saturated rings. The minimum absolute atomic E-state index is 0.0505. The van der Waals surface area contributed by atoms with Crippen LogP contribution < -0.4 is 5.32 Å². The van der Waals surface area contributed by atoms with Gasteiger partial charge in [0.1, 0.15) is 16.4 Å². The summed E-state index contributed by atoms with van der Waals surface area (Å²) in [6.45, 7) is 6.67. The van der Waals surface area contributed by atoms with Gasteiger partial charge in [0, 0.05) is 24.7 Å². The number of rotatable bonds is 4. The van der Waals surface area contributed by atoms with E-state index in [4.69, 9.17) is 4.42 Å². The molecule has 120 valence electrons. The number of furan rings is 1.